The zero-order valence-electron chi connectivity index (χ0n) is 12.6. The van der Waals surface area contributed by atoms with E-state index >= 15 is 0 Å². The number of carbonyl (C=O) groups excluding carboxylic acids is 1. The Bertz CT molecular complexity index is 553. The Balaban J connectivity index is 3.22. The van der Waals surface area contributed by atoms with Gasteiger partial charge in [0.25, 0.3) is 5.91 Å². The maximum atomic E-state index is 12.3. The van der Waals surface area contributed by atoms with Crippen molar-refractivity contribution in [1.29, 1.82) is 0 Å². The van der Waals surface area contributed by atoms with Crippen LogP contribution in [0.4, 0.5) is 0 Å². The van der Waals surface area contributed by atoms with E-state index in [1.165, 1.54) is 47.3 Å². The van der Waals surface area contributed by atoms with E-state index in [0.29, 0.717) is 11.5 Å². The summed E-state index contributed by atoms with van der Waals surface area (Å²) in [5.41, 5.74) is -1.25. The van der Waals surface area contributed by atoms with Gasteiger partial charge in [0.2, 0.25) is 0 Å². The highest BCUT2D eigenvalue weighted by Gasteiger charge is 2.30. The molecule has 0 saturated heterocycles. The van der Waals surface area contributed by atoms with Crippen molar-refractivity contribution >= 4 is 11.9 Å². The summed E-state index contributed by atoms with van der Waals surface area (Å²) in [5, 5.41) is 11.5. The van der Waals surface area contributed by atoms with Crippen LogP contribution in [0.15, 0.2) is 12.1 Å². The fourth-order valence-electron chi connectivity index (χ4n) is 1.61. The molecule has 0 aliphatic heterocycles. The Hall–Kier alpha value is -2.44. The smallest absolute Gasteiger partial charge is 0.328 e. The van der Waals surface area contributed by atoms with Crippen LogP contribution in [0.25, 0.3) is 0 Å². The van der Waals surface area contributed by atoms with Crippen molar-refractivity contribution in [3.8, 4) is 17.2 Å². The lowest BCUT2D eigenvalue weighted by Gasteiger charge is -2.22. The molecule has 0 aliphatic rings. The Labute approximate surface area is 122 Å². The Morgan fingerprint density at radius 2 is 1.48 bits per heavy atom. The summed E-state index contributed by atoms with van der Waals surface area (Å²) in [6, 6.07) is 2.94. The number of ether oxygens (including phenoxy) is 3. The van der Waals surface area contributed by atoms with Gasteiger partial charge in [0.1, 0.15) is 11.3 Å². The van der Waals surface area contributed by atoms with Crippen LogP contribution >= 0.6 is 0 Å². The van der Waals surface area contributed by atoms with E-state index in [1.54, 1.807) is 0 Å². The van der Waals surface area contributed by atoms with Crippen LogP contribution < -0.4 is 19.5 Å². The Morgan fingerprint density at radius 1 is 1.00 bits per heavy atom. The highest BCUT2D eigenvalue weighted by Crippen LogP contribution is 2.34. The normalized spacial score (nSPS) is 10.7. The van der Waals surface area contributed by atoms with Crippen molar-refractivity contribution < 1.29 is 28.9 Å². The standard InChI is InChI=1S/C14H19NO6/c1-14(2,13(17)18)15-12(16)8-6-10(20-4)11(21-5)7-9(8)19-3/h6-7H,1-5H3,(H,15,16)(H,17,18). The van der Waals surface area contributed by atoms with E-state index in [9.17, 15) is 9.59 Å². The van der Waals surface area contributed by atoms with E-state index in [0.717, 1.165) is 0 Å². The third-order valence-electron chi connectivity index (χ3n) is 2.91. The monoisotopic (exact) mass is 297 g/mol. The van der Waals surface area contributed by atoms with E-state index in [-0.39, 0.29) is 11.3 Å². The summed E-state index contributed by atoms with van der Waals surface area (Å²) in [4.78, 5) is 23.3. The summed E-state index contributed by atoms with van der Waals surface area (Å²) >= 11 is 0. The lowest BCUT2D eigenvalue weighted by molar-refractivity contribution is -0.143. The second kappa shape index (κ2) is 6.34. The van der Waals surface area contributed by atoms with Gasteiger partial charge in [-0.1, -0.05) is 0 Å². The minimum Gasteiger partial charge on any atom is -0.496 e. The lowest BCUT2D eigenvalue weighted by Crippen LogP contribution is -2.49. The molecule has 0 spiro atoms. The molecule has 0 aliphatic carbocycles. The summed E-state index contributed by atoms with van der Waals surface area (Å²) in [5.74, 6) is -0.721. The lowest BCUT2D eigenvalue weighted by atomic mass is 10.0. The zero-order valence-corrected chi connectivity index (χ0v) is 12.6. The third kappa shape index (κ3) is 3.56. The molecule has 7 nitrogen and oxygen atoms in total. The summed E-state index contributed by atoms with van der Waals surface area (Å²) in [6.07, 6.45) is 0. The fraction of sp³-hybridized carbons (Fsp3) is 0.429. The predicted octanol–water partition coefficient (Wildman–Crippen LogP) is 1.31. The average Bonchev–Trinajstić information content (AvgIpc) is 2.44. The van der Waals surface area contributed by atoms with E-state index in [4.69, 9.17) is 19.3 Å². The van der Waals surface area contributed by atoms with Crippen LogP contribution in [0.1, 0.15) is 24.2 Å². The molecule has 0 fully saturated rings. The maximum Gasteiger partial charge on any atom is 0.328 e. The average molecular weight is 297 g/mol. The van der Waals surface area contributed by atoms with Gasteiger partial charge in [-0.25, -0.2) is 4.79 Å². The number of methoxy groups -OCH3 is 3. The molecule has 7 heteroatoms. The summed E-state index contributed by atoms with van der Waals surface area (Å²) in [6.45, 7) is 2.78. The molecule has 0 unspecified atom stereocenters. The minimum atomic E-state index is -1.41. The van der Waals surface area contributed by atoms with Crippen molar-refractivity contribution in [2.45, 2.75) is 19.4 Å². The number of amides is 1. The van der Waals surface area contributed by atoms with E-state index < -0.39 is 17.4 Å². The number of carbonyl (C=O) groups is 2. The van der Waals surface area contributed by atoms with Crippen molar-refractivity contribution in [2.75, 3.05) is 21.3 Å². The van der Waals surface area contributed by atoms with E-state index in [1.807, 2.05) is 0 Å². The molecule has 1 aromatic rings. The number of hydrogen-bond donors (Lipinski definition) is 2. The first-order valence-electron chi connectivity index (χ1n) is 6.12. The van der Waals surface area contributed by atoms with E-state index in [2.05, 4.69) is 5.32 Å². The van der Waals surface area contributed by atoms with Gasteiger partial charge in [0.15, 0.2) is 11.5 Å². The van der Waals surface area contributed by atoms with Gasteiger partial charge < -0.3 is 24.6 Å². The molecule has 2 N–H and O–H groups in total. The van der Waals surface area contributed by atoms with Crippen LogP contribution in [-0.2, 0) is 4.79 Å². The molecule has 0 radical (unpaired) electrons. The van der Waals surface area contributed by atoms with Crippen molar-refractivity contribution in [2.24, 2.45) is 0 Å². The number of rotatable bonds is 6. The molecular weight excluding hydrogens is 278 g/mol. The minimum absolute atomic E-state index is 0.157. The topological polar surface area (TPSA) is 94.1 Å². The van der Waals surface area contributed by atoms with Crippen LogP contribution in [0.5, 0.6) is 17.2 Å². The highest BCUT2D eigenvalue weighted by atomic mass is 16.5. The quantitative estimate of drug-likeness (QED) is 0.822. The van der Waals surface area contributed by atoms with Gasteiger partial charge in [-0.05, 0) is 13.8 Å². The summed E-state index contributed by atoms with van der Waals surface area (Å²) < 4.78 is 15.4. The first kappa shape index (κ1) is 16.6. The number of hydrogen-bond acceptors (Lipinski definition) is 5. The molecule has 21 heavy (non-hydrogen) atoms. The van der Waals surface area contributed by atoms with Crippen LogP contribution in [0.3, 0.4) is 0 Å². The largest absolute Gasteiger partial charge is 0.496 e. The van der Waals surface area contributed by atoms with Gasteiger partial charge >= 0.3 is 5.97 Å². The van der Waals surface area contributed by atoms with Crippen molar-refractivity contribution in [3.05, 3.63) is 17.7 Å². The number of benzene rings is 1. The molecule has 116 valence electrons. The molecule has 0 atom stereocenters. The predicted molar refractivity (Wildman–Crippen MR) is 75.3 cm³/mol. The second-order valence-electron chi connectivity index (χ2n) is 4.79. The second-order valence-corrected chi connectivity index (χ2v) is 4.79. The number of carboxylic acid groups (broad SMARTS) is 1. The highest BCUT2D eigenvalue weighted by molar-refractivity contribution is 6.00. The van der Waals surface area contributed by atoms with Gasteiger partial charge in [-0.3, -0.25) is 4.79 Å². The zero-order chi connectivity index (χ0) is 16.2. The number of carboxylic acids is 1. The van der Waals surface area contributed by atoms with Crippen LogP contribution in [0.2, 0.25) is 0 Å². The van der Waals surface area contributed by atoms with Crippen molar-refractivity contribution in [1.82, 2.24) is 5.32 Å². The van der Waals surface area contributed by atoms with Crippen LogP contribution in [0, 0.1) is 0 Å². The molecule has 0 aromatic heterocycles. The Morgan fingerprint density at radius 3 is 1.90 bits per heavy atom. The Kier molecular flexibility index (Phi) is 5.02. The van der Waals surface area contributed by atoms with Gasteiger partial charge in [0.05, 0.1) is 26.9 Å². The molecule has 1 amide bonds. The van der Waals surface area contributed by atoms with Crippen LogP contribution in [-0.4, -0.2) is 43.9 Å². The SMILES string of the molecule is COc1cc(OC)c(C(=O)NC(C)(C)C(=O)O)cc1OC. The number of nitrogens with one attached hydrogen (secondary N) is 1. The molecule has 1 rings (SSSR count). The molecular formula is C14H19NO6. The van der Waals surface area contributed by atoms with Crippen molar-refractivity contribution in [3.63, 3.8) is 0 Å². The van der Waals surface area contributed by atoms with Gasteiger partial charge in [-0.15, -0.1) is 0 Å². The summed E-state index contributed by atoms with van der Waals surface area (Å²) in [7, 11) is 4.30. The maximum absolute atomic E-state index is 12.3. The first-order valence-corrected chi connectivity index (χ1v) is 6.12. The molecule has 0 heterocycles. The molecule has 0 bridgehead atoms. The third-order valence-corrected chi connectivity index (χ3v) is 2.91. The van der Waals surface area contributed by atoms with Gasteiger partial charge in [0, 0.05) is 12.1 Å². The first-order chi connectivity index (χ1) is 9.76. The number of aliphatic carboxylic acids is 1. The van der Waals surface area contributed by atoms with Gasteiger partial charge in [-0.2, -0.15) is 0 Å². The molecule has 0 saturated carbocycles. The fourth-order valence-corrected chi connectivity index (χ4v) is 1.61. The molecule has 1 aromatic carbocycles.